The fourth-order valence-electron chi connectivity index (χ4n) is 4.29. The zero-order valence-corrected chi connectivity index (χ0v) is 16.4. The van der Waals surface area contributed by atoms with E-state index in [0.717, 1.165) is 51.3 Å². The topological polar surface area (TPSA) is 72.3 Å². The number of amides is 1. The molecule has 1 N–H and O–H groups in total. The maximum Gasteiger partial charge on any atom is 0.220 e. The SMILES string of the molecule is CCN1CCCC1CNC(=O)CCC1CCN(c2ccc(C#N)cn2)CC1. The molecule has 0 saturated carbocycles. The number of carbonyl (C=O) groups excluding carboxylic acids is 1. The predicted molar refractivity (Wildman–Crippen MR) is 106 cm³/mol. The number of carbonyl (C=O) groups is 1. The third kappa shape index (κ3) is 5.43. The minimum absolute atomic E-state index is 0.203. The van der Waals surface area contributed by atoms with Crippen LogP contribution >= 0.6 is 0 Å². The van der Waals surface area contributed by atoms with E-state index in [1.54, 1.807) is 6.20 Å². The fourth-order valence-corrected chi connectivity index (χ4v) is 4.29. The van der Waals surface area contributed by atoms with Crippen molar-refractivity contribution < 1.29 is 4.79 Å². The minimum Gasteiger partial charge on any atom is -0.357 e. The Morgan fingerprint density at radius 1 is 1.30 bits per heavy atom. The second-order valence-electron chi connectivity index (χ2n) is 7.71. The van der Waals surface area contributed by atoms with E-state index in [-0.39, 0.29) is 5.91 Å². The number of likely N-dealkylation sites (tertiary alicyclic amines) is 1. The van der Waals surface area contributed by atoms with Gasteiger partial charge in [0.25, 0.3) is 0 Å². The largest absolute Gasteiger partial charge is 0.357 e. The Labute approximate surface area is 162 Å². The number of nitriles is 1. The van der Waals surface area contributed by atoms with Gasteiger partial charge >= 0.3 is 0 Å². The van der Waals surface area contributed by atoms with Crippen molar-refractivity contribution in [2.75, 3.05) is 37.6 Å². The van der Waals surface area contributed by atoms with Crippen LogP contribution in [0.15, 0.2) is 18.3 Å². The van der Waals surface area contributed by atoms with E-state index in [1.807, 2.05) is 12.1 Å². The molecule has 0 aliphatic carbocycles. The Balaban J connectivity index is 1.34. The molecule has 27 heavy (non-hydrogen) atoms. The molecule has 0 bridgehead atoms. The van der Waals surface area contributed by atoms with Crippen molar-refractivity contribution in [3.63, 3.8) is 0 Å². The van der Waals surface area contributed by atoms with Gasteiger partial charge in [-0.25, -0.2) is 4.98 Å². The minimum atomic E-state index is 0.203. The first-order chi connectivity index (χ1) is 13.2. The van der Waals surface area contributed by atoms with E-state index in [9.17, 15) is 4.79 Å². The molecule has 2 aliphatic rings. The third-order valence-corrected chi connectivity index (χ3v) is 6.04. The van der Waals surface area contributed by atoms with Crippen molar-refractivity contribution >= 4 is 11.7 Å². The number of aromatic nitrogens is 1. The van der Waals surface area contributed by atoms with Gasteiger partial charge in [0.2, 0.25) is 5.91 Å². The summed E-state index contributed by atoms with van der Waals surface area (Å²) >= 11 is 0. The van der Waals surface area contributed by atoms with Gasteiger partial charge < -0.3 is 10.2 Å². The van der Waals surface area contributed by atoms with Gasteiger partial charge in [-0.3, -0.25) is 9.69 Å². The Morgan fingerprint density at radius 3 is 2.78 bits per heavy atom. The lowest BCUT2D eigenvalue weighted by Crippen LogP contribution is -2.40. The number of hydrogen-bond donors (Lipinski definition) is 1. The van der Waals surface area contributed by atoms with Crippen LogP contribution in [0.1, 0.15) is 51.0 Å². The van der Waals surface area contributed by atoms with E-state index < -0.39 is 0 Å². The number of nitrogens with one attached hydrogen (secondary N) is 1. The van der Waals surface area contributed by atoms with Crippen LogP contribution < -0.4 is 10.2 Å². The fraction of sp³-hybridized carbons (Fsp3) is 0.667. The first kappa shape index (κ1) is 19.6. The van der Waals surface area contributed by atoms with Gasteiger partial charge in [0, 0.05) is 38.3 Å². The van der Waals surface area contributed by atoms with Crippen LogP contribution in [-0.4, -0.2) is 54.6 Å². The van der Waals surface area contributed by atoms with Crippen molar-refractivity contribution in [1.82, 2.24) is 15.2 Å². The molecule has 0 aromatic carbocycles. The number of nitrogens with zero attached hydrogens (tertiary/aromatic N) is 4. The summed E-state index contributed by atoms with van der Waals surface area (Å²) in [6.07, 6.45) is 7.90. The van der Waals surface area contributed by atoms with E-state index in [4.69, 9.17) is 5.26 Å². The van der Waals surface area contributed by atoms with Gasteiger partial charge in [0.05, 0.1) is 5.56 Å². The molecule has 1 aromatic rings. The van der Waals surface area contributed by atoms with Crippen LogP contribution in [-0.2, 0) is 4.79 Å². The van der Waals surface area contributed by atoms with E-state index >= 15 is 0 Å². The average Bonchev–Trinajstić information content (AvgIpc) is 3.19. The zero-order valence-electron chi connectivity index (χ0n) is 16.4. The number of piperidine rings is 1. The molecule has 6 heteroatoms. The predicted octanol–water partition coefficient (Wildman–Crippen LogP) is 2.55. The van der Waals surface area contributed by atoms with Crippen molar-refractivity contribution in [2.45, 2.75) is 51.5 Å². The third-order valence-electron chi connectivity index (χ3n) is 6.04. The van der Waals surface area contributed by atoms with Crippen LogP contribution in [0, 0.1) is 17.2 Å². The van der Waals surface area contributed by atoms with Crippen LogP contribution in [0.2, 0.25) is 0 Å². The lowest BCUT2D eigenvalue weighted by molar-refractivity contribution is -0.121. The lowest BCUT2D eigenvalue weighted by Gasteiger charge is -2.32. The maximum atomic E-state index is 12.2. The number of rotatable bonds is 7. The van der Waals surface area contributed by atoms with Crippen molar-refractivity contribution in [2.24, 2.45) is 5.92 Å². The Bertz CT molecular complexity index is 646. The van der Waals surface area contributed by atoms with Crippen LogP contribution in [0.4, 0.5) is 5.82 Å². The van der Waals surface area contributed by atoms with Crippen LogP contribution in [0.25, 0.3) is 0 Å². The first-order valence-corrected chi connectivity index (χ1v) is 10.3. The summed E-state index contributed by atoms with van der Waals surface area (Å²) in [6.45, 7) is 7.18. The highest BCUT2D eigenvalue weighted by atomic mass is 16.1. The molecule has 0 radical (unpaired) electrons. The zero-order chi connectivity index (χ0) is 19.1. The molecule has 2 fully saturated rings. The van der Waals surface area contributed by atoms with E-state index in [2.05, 4.69) is 33.1 Å². The van der Waals surface area contributed by atoms with Gasteiger partial charge in [0.15, 0.2) is 0 Å². The highest BCUT2D eigenvalue weighted by Gasteiger charge is 2.24. The summed E-state index contributed by atoms with van der Waals surface area (Å²) in [7, 11) is 0. The quantitative estimate of drug-likeness (QED) is 0.800. The van der Waals surface area contributed by atoms with Crippen molar-refractivity contribution in [1.29, 1.82) is 5.26 Å². The molecular formula is C21H31N5O. The molecule has 2 saturated heterocycles. The highest BCUT2D eigenvalue weighted by Crippen LogP contribution is 2.25. The second-order valence-corrected chi connectivity index (χ2v) is 7.71. The maximum absolute atomic E-state index is 12.2. The summed E-state index contributed by atoms with van der Waals surface area (Å²) in [4.78, 5) is 21.3. The highest BCUT2D eigenvalue weighted by molar-refractivity contribution is 5.75. The van der Waals surface area contributed by atoms with E-state index in [0.29, 0.717) is 23.9 Å². The van der Waals surface area contributed by atoms with Crippen LogP contribution in [0.5, 0.6) is 0 Å². The number of hydrogen-bond acceptors (Lipinski definition) is 5. The summed E-state index contributed by atoms with van der Waals surface area (Å²) in [5.74, 6) is 1.76. The molecule has 6 nitrogen and oxygen atoms in total. The summed E-state index contributed by atoms with van der Waals surface area (Å²) < 4.78 is 0. The van der Waals surface area contributed by atoms with Gasteiger partial charge in [-0.15, -0.1) is 0 Å². The standard InChI is InChI=1S/C21H31N5O/c1-2-25-11-3-4-19(25)16-24-21(27)8-6-17-9-12-26(13-10-17)20-7-5-18(14-22)15-23-20/h5,7,15,17,19H,2-4,6,8-13,16H2,1H3,(H,24,27). The van der Waals surface area contributed by atoms with Gasteiger partial charge in [0.1, 0.15) is 11.9 Å². The summed E-state index contributed by atoms with van der Waals surface area (Å²) in [6, 6.07) is 6.38. The van der Waals surface area contributed by atoms with Crippen molar-refractivity contribution in [3.8, 4) is 6.07 Å². The molecular weight excluding hydrogens is 338 g/mol. The number of anilines is 1. The molecule has 1 amide bonds. The number of likely N-dealkylation sites (N-methyl/N-ethyl adjacent to an activating group) is 1. The lowest BCUT2D eigenvalue weighted by atomic mass is 9.92. The molecule has 3 rings (SSSR count). The van der Waals surface area contributed by atoms with Gasteiger partial charge in [-0.2, -0.15) is 5.26 Å². The molecule has 1 unspecified atom stereocenters. The molecule has 1 atom stereocenters. The molecule has 3 heterocycles. The molecule has 1 aromatic heterocycles. The first-order valence-electron chi connectivity index (χ1n) is 10.3. The molecule has 0 spiro atoms. The van der Waals surface area contributed by atoms with Gasteiger partial charge in [-0.05, 0) is 63.2 Å². The smallest absolute Gasteiger partial charge is 0.220 e. The number of pyridine rings is 1. The average molecular weight is 370 g/mol. The normalized spacial score (nSPS) is 21.2. The summed E-state index contributed by atoms with van der Waals surface area (Å²) in [5.41, 5.74) is 0.597. The van der Waals surface area contributed by atoms with Gasteiger partial charge in [-0.1, -0.05) is 6.92 Å². The summed E-state index contributed by atoms with van der Waals surface area (Å²) in [5, 5.41) is 12.0. The van der Waals surface area contributed by atoms with Crippen LogP contribution in [0.3, 0.4) is 0 Å². The monoisotopic (exact) mass is 369 g/mol. The Kier molecular flexibility index (Phi) is 7.05. The Morgan fingerprint density at radius 2 is 2.11 bits per heavy atom. The molecule has 146 valence electrons. The van der Waals surface area contributed by atoms with E-state index in [1.165, 1.54) is 19.4 Å². The molecule has 2 aliphatic heterocycles. The second kappa shape index (κ2) is 9.70. The van der Waals surface area contributed by atoms with Crippen molar-refractivity contribution in [3.05, 3.63) is 23.9 Å². The Hall–Kier alpha value is -2.13.